The van der Waals surface area contributed by atoms with Crippen molar-refractivity contribution in [1.29, 1.82) is 0 Å². The second-order valence-electron chi connectivity index (χ2n) is 7.68. The zero-order valence-electron chi connectivity index (χ0n) is 19.2. The van der Waals surface area contributed by atoms with E-state index in [-0.39, 0.29) is 23.1 Å². The minimum Gasteiger partial charge on any atom is -0.439 e. The van der Waals surface area contributed by atoms with Gasteiger partial charge in [0.25, 0.3) is 5.91 Å². The topological polar surface area (TPSA) is 108 Å². The van der Waals surface area contributed by atoms with E-state index >= 15 is 0 Å². The second kappa shape index (κ2) is 11.7. The van der Waals surface area contributed by atoms with Crippen LogP contribution in [-0.2, 0) is 6.18 Å². The van der Waals surface area contributed by atoms with Crippen LogP contribution >= 0.6 is 11.6 Å². The molecule has 0 unspecified atom stereocenters. The van der Waals surface area contributed by atoms with Crippen LogP contribution in [0.5, 0.6) is 11.6 Å². The van der Waals surface area contributed by atoms with Gasteiger partial charge < -0.3 is 25.6 Å². The summed E-state index contributed by atoms with van der Waals surface area (Å²) >= 11 is 5.60. The van der Waals surface area contributed by atoms with Crippen LogP contribution in [0.4, 0.5) is 29.3 Å². The Bertz CT molecular complexity index is 1240. The van der Waals surface area contributed by atoms with Crippen LogP contribution in [0, 0.1) is 0 Å². The van der Waals surface area contributed by atoms with Gasteiger partial charge in [0.15, 0.2) is 0 Å². The standard InChI is InChI=1S/C23H22ClF3N6O3/c1-33(2)11-10-29-21(34)20-28-9-8-19(32-20)36-16-5-3-4-14(12-16)30-22(35)31-15-6-7-18(24)17(13-15)23(25,26)27/h3-9,12-13H,10-11H2,1-2H3,(H,29,34)(H2,30,31,35). The van der Waals surface area contributed by atoms with Crippen molar-refractivity contribution < 1.29 is 27.5 Å². The first kappa shape index (κ1) is 26.7. The zero-order chi connectivity index (χ0) is 26.3. The number of rotatable bonds is 8. The van der Waals surface area contributed by atoms with Crippen molar-refractivity contribution in [2.45, 2.75) is 6.18 Å². The molecular weight excluding hydrogens is 501 g/mol. The number of urea groups is 1. The molecule has 0 fully saturated rings. The van der Waals surface area contributed by atoms with E-state index in [2.05, 4.69) is 25.9 Å². The quantitative estimate of drug-likeness (QED) is 0.389. The van der Waals surface area contributed by atoms with Crippen molar-refractivity contribution in [3.05, 3.63) is 71.1 Å². The van der Waals surface area contributed by atoms with Crippen molar-refractivity contribution in [3.63, 3.8) is 0 Å². The van der Waals surface area contributed by atoms with E-state index < -0.39 is 28.7 Å². The number of likely N-dealkylation sites (N-methyl/N-ethyl adjacent to an activating group) is 1. The summed E-state index contributed by atoms with van der Waals surface area (Å²) < 4.78 is 44.8. The molecule has 0 saturated heterocycles. The van der Waals surface area contributed by atoms with Crippen molar-refractivity contribution in [1.82, 2.24) is 20.2 Å². The molecule has 0 bridgehead atoms. The number of nitrogens with zero attached hydrogens (tertiary/aromatic N) is 3. The minimum atomic E-state index is -4.66. The van der Waals surface area contributed by atoms with Crippen molar-refractivity contribution in [3.8, 4) is 11.6 Å². The average Bonchev–Trinajstić information content (AvgIpc) is 2.79. The molecule has 1 aromatic heterocycles. The van der Waals surface area contributed by atoms with Crippen LogP contribution in [0.1, 0.15) is 16.2 Å². The van der Waals surface area contributed by atoms with Gasteiger partial charge >= 0.3 is 12.2 Å². The Balaban J connectivity index is 1.63. The molecule has 0 aliphatic carbocycles. The van der Waals surface area contributed by atoms with Gasteiger partial charge in [0, 0.05) is 42.8 Å². The predicted octanol–water partition coefficient (Wildman–Crippen LogP) is 4.88. The number of nitrogens with one attached hydrogen (secondary N) is 3. The number of amides is 3. The summed E-state index contributed by atoms with van der Waals surface area (Å²) in [6.07, 6.45) is -3.29. The van der Waals surface area contributed by atoms with E-state index in [1.165, 1.54) is 24.4 Å². The van der Waals surface area contributed by atoms with Crippen molar-refractivity contribution in [2.75, 3.05) is 37.8 Å². The van der Waals surface area contributed by atoms with E-state index in [0.717, 1.165) is 12.1 Å². The Labute approximate surface area is 209 Å². The number of carbonyl (C=O) groups excluding carboxylic acids is 2. The first-order valence-electron chi connectivity index (χ1n) is 10.5. The number of carbonyl (C=O) groups is 2. The molecule has 3 amide bonds. The number of aromatic nitrogens is 2. The number of hydrogen-bond acceptors (Lipinski definition) is 6. The van der Waals surface area contributed by atoms with E-state index in [9.17, 15) is 22.8 Å². The molecule has 0 saturated carbocycles. The van der Waals surface area contributed by atoms with Crippen LogP contribution < -0.4 is 20.7 Å². The molecule has 0 atom stereocenters. The monoisotopic (exact) mass is 522 g/mol. The molecular formula is C23H22ClF3N6O3. The van der Waals surface area contributed by atoms with Gasteiger partial charge in [-0.1, -0.05) is 17.7 Å². The molecule has 9 nitrogen and oxygen atoms in total. The maximum Gasteiger partial charge on any atom is 0.417 e. The summed E-state index contributed by atoms with van der Waals surface area (Å²) in [6, 6.07) is 9.93. The highest BCUT2D eigenvalue weighted by Gasteiger charge is 2.33. The Morgan fingerprint density at radius 2 is 1.78 bits per heavy atom. The summed E-state index contributed by atoms with van der Waals surface area (Å²) in [7, 11) is 3.76. The van der Waals surface area contributed by atoms with Crippen LogP contribution in [-0.4, -0.2) is 54.0 Å². The molecule has 0 spiro atoms. The molecule has 36 heavy (non-hydrogen) atoms. The largest absolute Gasteiger partial charge is 0.439 e. The lowest BCUT2D eigenvalue weighted by Crippen LogP contribution is -2.32. The first-order valence-corrected chi connectivity index (χ1v) is 10.9. The van der Waals surface area contributed by atoms with Gasteiger partial charge in [-0.05, 0) is 44.4 Å². The summed E-state index contributed by atoms with van der Waals surface area (Å²) in [5.74, 6) is -0.132. The number of anilines is 2. The summed E-state index contributed by atoms with van der Waals surface area (Å²) in [4.78, 5) is 34.5. The smallest absolute Gasteiger partial charge is 0.417 e. The van der Waals surface area contributed by atoms with Crippen LogP contribution in [0.2, 0.25) is 5.02 Å². The number of benzene rings is 2. The van der Waals surface area contributed by atoms with Crippen molar-refractivity contribution >= 4 is 34.9 Å². The van der Waals surface area contributed by atoms with Crippen LogP contribution in [0.3, 0.4) is 0 Å². The maximum absolute atomic E-state index is 13.0. The third kappa shape index (κ3) is 7.82. The normalized spacial score (nSPS) is 11.2. The van der Waals surface area contributed by atoms with Crippen LogP contribution in [0.25, 0.3) is 0 Å². The van der Waals surface area contributed by atoms with Gasteiger partial charge in [-0.2, -0.15) is 18.2 Å². The lowest BCUT2D eigenvalue weighted by atomic mass is 10.2. The number of ether oxygens (including phenoxy) is 1. The lowest BCUT2D eigenvalue weighted by Gasteiger charge is -2.13. The molecule has 13 heteroatoms. The van der Waals surface area contributed by atoms with Gasteiger partial charge in [-0.25, -0.2) is 9.78 Å². The SMILES string of the molecule is CN(C)CCNC(=O)c1nccc(Oc2cccc(NC(=O)Nc3ccc(Cl)c(C(F)(F)F)c3)c2)n1. The molecule has 1 heterocycles. The highest BCUT2D eigenvalue weighted by Crippen LogP contribution is 2.36. The second-order valence-corrected chi connectivity index (χ2v) is 8.09. The molecule has 2 aromatic carbocycles. The molecule has 190 valence electrons. The Morgan fingerprint density at radius 1 is 1.06 bits per heavy atom. The summed E-state index contributed by atoms with van der Waals surface area (Å²) in [5.41, 5.74) is -0.854. The van der Waals surface area contributed by atoms with E-state index in [4.69, 9.17) is 16.3 Å². The molecule has 0 aliphatic heterocycles. The highest BCUT2D eigenvalue weighted by molar-refractivity contribution is 6.31. The van der Waals surface area contributed by atoms with Gasteiger partial charge in [0.1, 0.15) is 5.75 Å². The Kier molecular flexibility index (Phi) is 8.67. The number of hydrogen-bond donors (Lipinski definition) is 3. The fourth-order valence-corrected chi connectivity index (χ4v) is 3.08. The number of alkyl halides is 3. The van der Waals surface area contributed by atoms with Gasteiger partial charge in [0.2, 0.25) is 11.7 Å². The van der Waals surface area contributed by atoms with E-state index in [1.54, 1.807) is 18.2 Å². The maximum atomic E-state index is 13.0. The van der Waals surface area contributed by atoms with E-state index in [1.807, 2.05) is 19.0 Å². The van der Waals surface area contributed by atoms with Crippen molar-refractivity contribution in [2.24, 2.45) is 0 Å². The van der Waals surface area contributed by atoms with Crippen LogP contribution in [0.15, 0.2) is 54.7 Å². The average molecular weight is 523 g/mol. The fraction of sp³-hybridized carbons (Fsp3) is 0.217. The third-order valence-electron chi connectivity index (χ3n) is 4.52. The molecule has 3 rings (SSSR count). The van der Waals surface area contributed by atoms with Gasteiger partial charge in [-0.15, -0.1) is 0 Å². The minimum absolute atomic E-state index is 0.0684. The summed E-state index contributed by atoms with van der Waals surface area (Å²) in [5, 5.41) is 7.06. The Morgan fingerprint density at radius 3 is 2.47 bits per heavy atom. The third-order valence-corrected chi connectivity index (χ3v) is 4.85. The Hall–Kier alpha value is -3.90. The molecule has 3 aromatic rings. The molecule has 3 N–H and O–H groups in total. The fourth-order valence-electron chi connectivity index (χ4n) is 2.85. The summed E-state index contributed by atoms with van der Waals surface area (Å²) in [6.45, 7) is 1.07. The van der Waals surface area contributed by atoms with Gasteiger partial charge in [-0.3, -0.25) is 4.79 Å². The zero-order valence-corrected chi connectivity index (χ0v) is 19.9. The first-order chi connectivity index (χ1) is 17.0. The molecule has 0 radical (unpaired) electrons. The van der Waals surface area contributed by atoms with E-state index in [0.29, 0.717) is 18.8 Å². The highest BCUT2D eigenvalue weighted by atomic mass is 35.5. The molecule has 0 aliphatic rings. The lowest BCUT2D eigenvalue weighted by molar-refractivity contribution is -0.137. The number of halogens is 4. The van der Waals surface area contributed by atoms with Gasteiger partial charge in [0.05, 0.1) is 10.6 Å². The predicted molar refractivity (Wildman–Crippen MR) is 129 cm³/mol.